The summed E-state index contributed by atoms with van der Waals surface area (Å²) < 4.78 is 11.4. The van der Waals surface area contributed by atoms with Crippen LogP contribution in [0.3, 0.4) is 0 Å². The van der Waals surface area contributed by atoms with Crippen molar-refractivity contribution in [1.82, 2.24) is 0 Å². The van der Waals surface area contributed by atoms with E-state index in [2.05, 4.69) is 19.7 Å². The Bertz CT molecular complexity index is 223. The van der Waals surface area contributed by atoms with Gasteiger partial charge >= 0.3 is 0 Å². The van der Waals surface area contributed by atoms with E-state index in [1.165, 1.54) is 0 Å². The molecule has 0 aromatic heterocycles. The lowest BCUT2D eigenvalue weighted by Gasteiger charge is -2.35. The summed E-state index contributed by atoms with van der Waals surface area (Å²) in [6, 6.07) is 0. The highest BCUT2D eigenvalue weighted by Gasteiger charge is 2.29. The lowest BCUT2D eigenvalue weighted by Crippen LogP contribution is -2.39. The molecule has 0 N–H and O–H groups in total. The topological polar surface area (TPSA) is 18.5 Å². The maximum absolute atomic E-state index is 5.82. The molecule has 84 valence electrons. The summed E-state index contributed by atoms with van der Waals surface area (Å²) in [5, 5.41) is 0. The molecule has 0 radical (unpaired) electrons. The quantitative estimate of drug-likeness (QED) is 0.624. The van der Waals surface area contributed by atoms with Gasteiger partial charge in [-0.1, -0.05) is 18.2 Å². The molecule has 2 nitrogen and oxygen atoms in total. The largest absolute Gasteiger partial charge is 0.352 e. The van der Waals surface area contributed by atoms with Gasteiger partial charge in [0, 0.05) is 12.3 Å². The van der Waals surface area contributed by atoms with E-state index in [4.69, 9.17) is 9.47 Å². The smallest absolute Gasteiger partial charge is 0.161 e. The lowest BCUT2D eigenvalue weighted by atomic mass is 9.96. The molecule has 2 heteroatoms. The van der Waals surface area contributed by atoms with Crippen LogP contribution >= 0.6 is 0 Å². The number of allylic oxidation sites excluding steroid dienone is 1. The highest BCUT2D eigenvalue weighted by molar-refractivity contribution is 4.86. The summed E-state index contributed by atoms with van der Waals surface area (Å²) in [7, 11) is 0. The highest BCUT2D eigenvalue weighted by atomic mass is 16.7. The SMILES string of the molecule is C=CCC1OCC(CC=C)C(CC=C)O1. The Labute approximate surface area is 92.3 Å². The van der Waals surface area contributed by atoms with Gasteiger partial charge in [-0.2, -0.15) is 0 Å². The molecule has 15 heavy (non-hydrogen) atoms. The first-order chi connectivity index (χ1) is 7.31. The normalized spacial score (nSPS) is 30.8. The van der Waals surface area contributed by atoms with Crippen LogP contribution in [-0.2, 0) is 9.47 Å². The maximum Gasteiger partial charge on any atom is 0.161 e. The van der Waals surface area contributed by atoms with E-state index in [1.807, 2.05) is 18.2 Å². The standard InChI is InChI=1S/C13H20O2/c1-4-7-11-10-14-13(9-6-3)15-12(11)8-5-2/h4-6,11-13H,1-3,7-10H2. The van der Waals surface area contributed by atoms with Crippen molar-refractivity contribution >= 4 is 0 Å². The molecule has 1 heterocycles. The second-order valence-corrected chi connectivity index (χ2v) is 3.77. The van der Waals surface area contributed by atoms with Crippen molar-refractivity contribution in [3.05, 3.63) is 38.0 Å². The zero-order valence-corrected chi connectivity index (χ0v) is 9.23. The third-order valence-electron chi connectivity index (χ3n) is 2.58. The Morgan fingerprint density at radius 3 is 2.27 bits per heavy atom. The van der Waals surface area contributed by atoms with Gasteiger partial charge < -0.3 is 9.47 Å². The van der Waals surface area contributed by atoms with Crippen LogP contribution in [-0.4, -0.2) is 19.0 Å². The Hall–Kier alpha value is -0.860. The van der Waals surface area contributed by atoms with Crippen molar-refractivity contribution in [3.63, 3.8) is 0 Å². The average Bonchev–Trinajstić information content (AvgIpc) is 2.23. The molecule has 1 aliphatic rings. The number of rotatable bonds is 6. The Kier molecular flexibility index (Phi) is 5.37. The predicted molar refractivity (Wildman–Crippen MR) is 62.5 cm³/mol. The van der Waals surface area contributed by atoms with Crippen molar-refractivity contribution in [3.8, 4) is 0 Å². The predicted octanol–water partition coefficient (Wildman–Crippen LogP) is 3.07. The van der Waals surface area contributed by atoms with E-state index >= 15 is 0 Å². The summed E-state index contributed by atoms with van der Waals surface area (Å²) in [6.45, 7) is 11.9. The molecule has 0 aliphatic carbocycles. The van der Waals surface area contributed by atoms with Crippen LogP contribution < -0.4 is 0 Å². The first kappa shape index (κ1) is 12.2. The first-order valence-electron chi connectivity index (χ1n) is 5.41. The molecule has 0 spiro atoms. The second kappa shape index (κ2) is 6.59. The van der Waals surface area contributed by atoms with E-state index in [1.54, 1.807) is 0 Å². The van der Waals surface area contributed by atoms with Gasteiger partial charge in [0.15, 0.2) is 6.29 Å². The lowest BCUT2D eigenvalue weighted by molar-refractivity contribution is -0.232. The summed E-state index contributed by atoms with van der Waals surface area (Å²) in [4.78, 5) is 0. The Morgan fingerprint density at radius 1 is 1.00 bits per heavy atom. The van der Waals surface area contributed by atoms with Crippen LogP contribution in [0.25, 0.3) is 0 Å². The summed E-state index contributed by atoms with van der Waals surface area (Å²) in [6.07, 6.45) is 8.26. The number of ether oxygens (including phenoxy) is 2. The minimum absolute atomic E-state index is 0.131. The van der Waals surface area contributed by atoms with Gasteiger partial charge in [-0.05, 0) is 12.8 Å². The third kappa shape index (κ3) is 3.65. The molecule has 3 atom stereocenters. The molecule has 0 aromatic rings. The molecule has 1 aliphatic heterocycles. The van der Waals surface area contributed by atoms with E-state index in [9.17, 15) is 0 Å². The molecule has 0 amide bonds. The highest BCUT2D eigenvalue weighted by Crippen LogP contribution is 2.25. The number of hydrogen-bond acceptors (Lipinski definition) is 2. The molecule has 1 fully saturated rings. The van der Waals surface area contributed by atoms with Crippen LogP contribution in [0.1, 0.15) is 19.3 Å². The van der Waals surface area contributed by atoms with Gasteiger partial charge in [0.2, 0.25) is 0 Å². The van der Waals surface area contributed by atoms with Gasteiger partial charge in [0.1, 0.15) is 0 Å². The van der Waals surface area contributed by atoms with Gasteiger partial charge in [0.05, 0.1) is 12.7 Å². The molecular formula is C13H20O2. The molecule has 0 saturated carbocycles. The second-order valence-electron chi connectivity index (χ2n) is 3.77. The molecule has 0 bridgehead atoms. The minimum Gasteiger partial charge on any atom is -0.352 e. The van der Waals surface area contributed by atoms with Gasteiger partial charge in [0.25, 0.3) is 0 Å². The summed E-state index contributed by atoms with van der Waals surface area (Å²) >= 11 is 0. The van der Waals surface area contributed by atoms with Gasteiger partial charge in [-0.25, -0.2) is 0 Å². The van der Waals surface area contributed by atoms with Crippen molar-refractivity contribution in [2.45, 2.75) is 31.7 Å². The molecule has 1 saturated heterocycles. The van der Waals surface area contributed by atoms with E-state index in [-0.39, 0.29) is 12.4 Å². The fourth-order valence-corrected chi connectivity index (χ4v) is 1.79. The molecule has 1 rings (SSSR count). The van der Waals surface area contributed by atoms with Gasteiger partial charge in [-0.3, -0.25) is 0 Å². The van der Waals surface area contributed by atoms with Crippen LogP contribution in [0.4, 0.5) is 0 Å². The van der Waals surface area contributed by atoms with Gasteiger partial charge in [-0.15, -0.1) is 19.7 Å². The summed E-state index contributed by atoms with van der Waals surface area (Å²) in [5.41, 5.74) is 0. The zero-order chi connectivity index (χ0) is 11.1. The monoisotopic (exact) mass is 208 g/mol. The van der Waals surface area contributed by atoms with Crippen LogP contribution in [0.15, 0.2) is 38.0 Å². The molecule has 0 aromatic carbocycles. The first-order valence-corrected chi connectivity index (χ1v) is 5.41. The van der Waals surface area contributed by atoms with Crippen molar-refractivity contribution in [1.29, 1.82) is 0 Å². The average molecular weight is 208 g/mol. The van der Waals surface area contributed by atoms with Crippen LogP contribution in [0, 0.1) is 5.92 Å². The fourth-order valence-electron chi connectivity index (χ4n) is 1.79. The summed E-state index contributed by atoms with van der Waals surface area (Å²) in [5.74, 6) is 0.404. The minimum atomic E-state index is -0.131. The third-order valence-corrected chi connectivity index (χ3v) is 2.58. The van der Waals surface area contributed by atoms with Crippen LogP contribution in [0.5, 0.6) is 0 Å². The maximum atomic E-state index is 5.82. The van der Waals surface area contributed by atoms with E-state index < -0.39 is 0 Å². The zero-order valence-electron chi connectivity index (χ0n) is 9.23. The Balaban J connectivity index is 2.51. The van der Waals surface area contributed by atoms with Crippen molar-refractivity contribution < 1.29 is 9.47 Å². The van der Waals surface area contributed by atoms with Crippen molar-refractivity contribution in [2.24, 2.45) is 5.92 Å². The molecule has 3 unspecified atom stereocenters. The van der Waals surface area contributed by atoms with E-state index in [0.29, 0.717) is 5.92 Å². The fraction of sp³-hybridized carbons (Fsp3) is 0.538. The van der Waals surface area contributed by atoms with Crippen molar-refractivity contribution in [2.75, 3.05) is 6.61 Å². The number of hydrogen-bond donors (Lipinski definition) is 0. The molecular weight excluding hydrogens is 188 g/mol. The Morgan fingerprint density at radius 2 is 1.67 bits per heavy atom. The van der Waals surface area contributed by atoms with Crippen LogP contribution in [0.2, 0.25) is 0 Å². The van der Waals surface area contributed by atoms with E-state index in [0.717, 1.165) is 25.9 Å².